The number of fused-ring (bicyclic) bond motifs is 8. The largest absolute Gasteiger partial charge is 0.469 e. The van der Waals surface area contributed by atoms with E-state index >= 15 is 0 Å². The van der Waals surface area contributed by atoms with Crippen LogP contribution in [0.4, 0.5) is 0 Å². The number of carbonyl (C=O) groups excluding carboxylic acids is 3. The summed E-state index contributed by atoms with van der Waals surface area (Å²) in [6, 6.07) is 6.10. The molecule has 3 aromatic rings. The van der Waals surface area contributed by atoms with Crippen molar-refractivity contribution in [2.75, 3.05) is 20.8 Å². The number of esters is 2. The molecule has 57 heavy (non-hydrogen) atoms. The molecule has 0 spiro atoms. The predicted octanol–water partition coefficient (Wildman–Crippen LogP) is 10.7. The minimum atomic E-state index is -0.645. The molecule has 10 heteroatoms. The highest BCUT2D eigenvalue weighted by Gasteiger charge is 2.37. The summed E-state index contributed by atoms with van der Waals surface area (Å²) in [5, 5.41) is 3.16. The van der Waals surface area contributed by atoms with Gasteiger partial charge in [-0.15, -0.1) is 0 Å². The second-order valence-corrected chi connectivity index (χ2v) is 15.6. The molecule has 0 aliphatic carbocycles. The molecular weight excluding hydrogens is 715 g/mol. The van der Waals surface area contributed by atoms with E-state index in [1.807, 2.05) is 39.0 Å². The quantitative estimate of drug-likeness (QED) is 0.0863. The van der Waals surface area contributed by atoms with Crippen LogP contribution < -0.4 is 5.32 Å². The maximum Gasteiger partial charge on any atom is 0.341 e. The summed E-state index contributed by atoms with van der Waals surface area (Å²) < 4.78 is 10.5. The number of allylic oxidation sites excluding steroid dienone is 1. The lowest BCUT2D eigenvalue weighted by atomic mass is 9.85. The van der Waals surface area contributed by atoms with Crippen LogP contribution in [0, 0.1) is 13.8 Å². The number of aromatic nitrogens is 4. The summed E-state index contributed by atoms with van der Waals surface area (Å²) in [7, 11) is 2.70. The molecule has 8 bridgehead atoms. The smallest absolute Gasteiger partial charge is 0.341 e. The molecule has 10 nitrogen and oxygen atoms in total. The van der Waals surface area contributed by atoms with Crippen LogP contribution in [0.2, 0.25) is 0 Å². The van der Waals surface area contributed by atoms with Gasteiger partial charge in [0.15, 0.2) is 0 Å². The fraction of sp³-hybridized carbons (Fsp3) is 0.511. The van der Waals surface area contributed by atoms with Crippen molar-refractivity contribution in [2.24, 2.45) is 0 Å². The number of aryl methyl sites for hydroxylation is 3. The number of amides is 1. The average molecular weight is 778 g/mol. The Balaban J connectivity index is 1.69. The van der Waals surface area contributed by atoms with Crippen LogP contribution in [0.5, 0.6) is 0 Å². The molecule has 0 saturated carbocycles. The van der Waals surface area contributed by atoms with Crippen molar-refractivity contribution in [3.8, 4) is 0 Å². The van der Waals surface area contributed by atoms with E-state index in [1.165, 1.54) is 59.2 Å². The van der Waals surface area contributed by atoms with Gasteiger partial charge in [0.1, 0.15) is 5.56 Å². The van der Waals surface area contributed by atoms with Crippen molar-refractivity contribution >= 4 is 57.1 Å². The zero-order chi connectivity index (χ0) is 41.2. The average Bonchev–Trinajstić information content (AvgIpc) is 3.88. The third kappa shape index (κ3) is 9.59. The van der Waals surface area contributed by atoms with Crippen molar-refractivity contribution in [1.82, 2.24) is 25.3 Å². The van der Waals surface area contributed by atoms with E-state index in [2.05, 4.69) is 48.7 Å². The molecule has 5 rings (SSSR count). The molecule has 306 valence electrons. The molecule has 0 radical (unpaired) electrons. The third-order valence-corrected chi connectivity index (χ3v) is 11.9. The number of nitrogens with one attached hydrogen (secondary N) is 3. The first-order chi connectivity index (χ1) is 27.5. The van der Waals surface area contributed by atoms with Crippen LogP contribution >= 0.6 is 0 Å². The van der Waals surface area contributed by atoms with E-state index in [0.717, 1.165) is 75.7 Å². The van der Waals surface area contributed by atoms with E-state index < -0.39 is 5.97 Å². The molecule has 0 unspecified atom stereocenters. The zero-order valence-electron chi connectivity index (χ0n) is 35.5. The van der Waals surface area contributed by atoms with Crippen molar-refractivity contribution in [1.29, 1.82) is 0 Å². The molecule has 1 amide bonds. The highest BCUT2D eigenvalue weighted by atomic mass is 16.5. The minimum Gasteiger partial charge on any atom is -0.469 e. The van der Waals surface area contributed by atoms with Gasteiger partial charge in [-0.25, -0.2) is 9.78 Å². The lowest BCUT2D eigenvalue weighted by Crippen LogP contribution is -2.26. The summed E-state index contributed by atoms with van der Waals surface area (Å²) >= 11 is 0. The highest BCUT2D eigenvalue weighted by Crippen LogP contribution is 2.44. The first-order valence-corrected chi connectivity index (χ1v) is 21.0. The Morgan fingerprint density at radius 2 is 1.47 bits per heavy atom. The number of nitrogens with zero attached hydrogens (tertiary/aromatic N) is 2. The van der Waals surface area contributed by atoms with Crippen LogP contribution in [0.1, 0.15) is 172 Å². The van der Waals surface area contributed by atoms with Gasteiger partial charge in [0.05, 0.1) is 36.9 Å². The Morgan fingerprint density at radius 3 is 2.11 bits per heavy atom. The topological polar surface area (TPSA) is 139 Å². The standard InChI is InChI=1S/C47H63N5O5/c1-10-13-14-15-16-17-18-19-20-21-24-48-46(54)42-31(7)38-27-40-33(12-3)29(5)36(50-40)26-39-32(11-2)28(4)35(49-39)25-37-30(6)34(22-23-41(53)56-8)44(51-37)43(45(42)52-38)47(55)57-9/h11,25-27,30,34,49-50H,2,10,12-24H2,1,3-9H3,(H,48,54)/t30-,34-/m0/s1. The Kier molecular flexibility index (Phi) is 15.1. The van der Waals surface area contributed by atoms with E-state index in [0.29, 0.717) is 35.5 Å². The minimum absolute atomic E-state index is 0.125. The summed E-state index contributed by atoms with van der Waals surface area (Å²) in [5.74, 6) is -1.86. The maximum atomic E-state index is 14.3. The molecular formula is C47H63N5O5. The number of hydrogen-bond acceptors (Lipinski definition) is 7. The molecule has 2 atom stereocenters. The number of unbranched alkanes of at least 4 members (excludes halogenated alkanes) is 9. The third-order valence-electron chi connectivity index (χ3n) is 11.9. The molecule has 5 heterocycles. The molecule has 2 aliphatic heterocycles. The van der Waals surface area contributed by atoms with Crippen molar-refractivity contribution in [2.45, 2.75) is 137 Å². The zero-order valence-corrected chi connectivity index (χ0v) is 35.5. The monoisotopic (exact) mass is 777 g/mol. The van der Waals surface area contributed by atoms with Gasteiger partial charge in [-0.2, -0.15) is 0 Å². The van der Waals surface area contributed by atoms with Gasteiger partial charge in [-0.3, -0.25) is 14.6 Å². The summed E-state index contributed by atoms with van der Waals surface area (Å²) in [6.45, 7) is 17.1. The van der Waals surface area contributed by atoms with Gasteiger partial charge in [-0.1, -0.05) is 91.2 Å². The first kappa shape index (κ1) is 43.1. The van der Waals surface area contributed by atoms with Crippen LogP contribution in [-0.2, 0) is 25.5 Å². The van der Waals surface area contributed by atoms with Crippen molar-refractivity contribution in [3.05, 3.63) is 75.4 Å². The Bertz CT molecular complexity index is 2170. The fourth-order valence-corrected chi connectivity index (χ4v) is 8.43. The number of H-pyrrole nitrogens is 2. The van der Waals surface area contributed by atoms with Gasteiger partial charge in [0, 0.05) is 58.1 Å². The highest BCUT2D eigenvalue weighted by molar-refractivity contribution is 6.28. The second-order valence-electron chi connectivity index (χ2n) is 15.6. The lowest BCUT2D eigenvalue weighted by molar-refractivity contribution is -0.140. The number of rotatable bonds is 18. The van der Waals surface area contributed by atoms with Crippen LogP contribution in [-0.4, -0.2) is 58.5 Å². The Hall–Kier alpha value is -4.99. The van der Waals surface area contributed by atoms with Crippen molar-refractivity contribution in [3.63, 3.8) is 0 Å². The number of carbonyl (C=O) groups is 3. The Labute approximate surface area is 338 Å². The molecule has 0 aromatic carbocycles. The van der Waals surface area contributed by atoms with Gasteiger partial charge >= 0.3 is 11.9 Å². The summed E-state index contributed by atoms with van der Waals surface area (Å²) in [5.41, 5.74) is 10.9. The molecule has 0 fully saturated rings. The van der Waals surface area contributed by atoms with E-state index in [9.17, 15) is 14.4 Å². The number of ether oxygens (including phenoxy) is 2. The van der Waals surface area contributed by atoms with Gasteiger partial charge in [-0.05, 0) is 80.5 Å². The number of hydrogen-bond donors (Lipinski definition) is 3. The van der Waals surface area contributed by atoms with Gasteiger partial charge < -0.3 is 24.8 Å². The van der Waals surface area contributed by atoms with Crippen LogP contribution in [0.25, 0.3) is 39.3 Å². The second kappa shape index (κ2) is 19.9. The van der Waals surface area contributed by atoms with E-state index in [4.69, 9.17) is 19.4 Å². The molecule has 0 saturated heterocycles. The van der Waals surface area contributed by atoms with Crippen LogP contribution in [0.15, 0.2) is 24.8 Å². The van der Waals surface area contributed by atoms with Gasteiger partial charge in [0.25, 0.3) is 5.91 Å². The first-order valence-electron chi connectivity index (χ1n) is 21.0. The van der Waals surface area contributed by atoms with E-state index in [-0.39, 0.29) is 41.4 Å². The van der Waals surface area contributed by atoms with Crippen LogP contribution in [0.3, 0.4) is 0 Å². The Morgan fingerprint density at radius 1 is 0.825 bits per heavy atom. The maximum absolute atomic E-state index is 14.3. The predicted molar refractivity (Wildman–Crippen MR) is 231 cm³/mol. The normalized spacial score (nSPS) is 15.2. The summed E-state index contributed by atoms with van der Waals surface area (Å²) in [4.78, 5) is 58.5. The molecule has 2 aliphatic rings. The van der Waals surface area contributed by atoms with Crippen molar-refractivity contribution < 1.29 is 23.9 Å². The SMILES string of the molecule is C=Cc1c(C)c2cc3nc(c(C(=O)OC)c4nc(cc5[nH]c(cc1[nH]2)c(C)c5CC)C(C)=C4C(=O)NCCCCCCCCCCCC)[C@@H](CCC(=O)OC)[C@@H]3C. The fourth-order valence-electron chi connectivity index (χ4n) is 8.43. The van der Waals surface area contributed by atoms with E-state index in [1.54, 1.807) is 0 Å². The van der Waals surface area contributed by atoms with Gasteiger partial charge in [0.2, 0.25) is 0 Å². The number of methoxy groups -OCH3 is 2. The summed E-state index contributed by atoms with van der Waals surface area (Å²) in [6.07, 6.45) is 15.1. The molecule has 3 aromatic heterocycles. The lowest BCUT2D eigenvalue weighted by Gasteiger charge is -2.18. The number of aromatic amines is 2. The molecule has 3 N–H and O–H groups in total.